The van der Waals surface area contributed by atoms with E-state index in [4.69, 9.17) is 0 Å². The fourth-order valence-corrected chi connectivity index (χ4v) is 2.38. The second-order valence-electron chi connectivity index (χ2n) is 4.43. The van der Waals surface area contributed by atoms with E-state index in [0.717, 1.165) is 24.4 Å². The van der Waals surface area contributed by atoms with Gasteiger partial charge in [-0.15, -0.1) is 0 Å². The van der Waals surface area contributed by atoms with Gasteiger partial charge in [0.25, 0.3) is 5.56 Å². The van der Waals surface area contributed by atoms with Crippen molar-refractivity contribution in [3.05, 3.63) is 63.3 Å². The molecule has 0 radical (unpaired) electrons. The lowest BCUT2D eigenvalue weighted by Crippen LogP contribution is -2.24. The normalized spacial score (nSPS) is 17.4. The predicted molar refractivity (Wildman–Crippen MR) is 66.2 cm³/mol. The quantitative estimate of drug-likeness (QED) is 0.851. The van der Waals surface area contributed by atoms with Gasteiger partial charge in [-0.2, -0.15) is 0 Å². The number of H-pyrrole nitrogens is 1. The molecule has 2 aromatic rings. The van der Waals surface area contributed by atoms with E-state index >= 15 is 0 Å². The fraction of sp³-hybridized carbons (Fsp3) is 0.286. The summed E-state index contributed by atoms with van der Waals surface area (Å²) in [6, 6.07) is 9.91. The molecule has 0 bridgehead atoms. The Labute approximate surface area is 99.5 Å². The molecule has 0 saturated heterocycles. The third-order valence-corrected chi connectivity index (χ3v) is 3.36. The van der Waals surface area contributed by atoms with Gasteiger partial charge in [0.05, 0.1) is 0 Å². The Kier molecular flexibility index (Phi) is 2.32. The molecule has 1 aromatic carbocycles. The number of aryl methyl sites for hydroxylation is 1. The summed E-state index contributed by atoms with van der Waals surface area (Å²) in [5.74, 6) is 1.08. The highest BCUT2D eigenvalue weighted by molar-refractivity contribution is 5.43. The van der Waals surface area contributed by atoms with Gasteiger partial charge < -0.3 is 4.98 Å². The first-order valence-electron chi connectivity index (χ1n) is 5.96. The van der Waals surface area contributed by atoms with Crippen molar-refractivity contribution >= 4 is 0 Å². The van der Waals surface area contributed by atoms with Gasteiger partial charge in [0.1, 0.15) is 5.82 Å². The molecule has 0 aliphatic heterocycles. The van der Waals surface area contributed by atoms with Gasteiger partial charge in [-0.3, -0.25) is 4.79 Å². The van der Waals surface area contributed by atoms with Crippen LogP contribution in [-0.2, 0) is 12.8 Å². The fourth-order valence-electron chi connectivity index (χ4n) is 2.38. The summed E-state index contributed by atoms with van der Waals surface area (Å²) in [4.78, 5) is 18.9. The number of hydrogen-bond acceptors (Lipinski definition) is 2. The maximum atomic E-state index is 11.5. The van der Waals surface area contributed by atoms with E-state index in [1.165, 1.54) is 11.1 Å². The first kappa shape index (κ1) is 10.3. The van der Waals surface area contributed by atoms with Gasteiger partial charge >= 0.3 is 0 Å². The minimum Gasteiger partial charge on any atom is -0.310 e. The average Bonchev–Trinajstić information content (AvgIpc) is 2.30. The van der Waals surface area contributed by atoms with E-state index in [9.17, 15) is 4.79 Å². The van der Waals surface area contributed by atoms with Gasteiger partial charge in [0.15, 0.2) is 0 Å². The molecule has 0 saturated carbocycles. The summed E-state index contributed by atoms with van der Waals surface area (Å²) in [5, 5.41) is 0. The molecule has 3 rings (SSSR count). The second kappa shape index (κ2) is 3.84. The smallest absolute Gasteiger partial charge is 0.251 e. The lowest BCUT2D eigenvalue weighted by atomic mass is 9.77. The van der Waals surface area contributed by atoms with E-state index in [1.807, 2.05) is 19.1 Å². The summed E-state index contributed by atoms with van der Waals surface area (Å²) < 4.78 is 0. The van der Waals surface area contributed by atoms with Crippen LogP contribution >= 0.6 is 0 Å². The van der Waals surface area contributed by atoms with Gasteiger partial charge in [-0.25, -0.2) is 4.98 Å². The summed E-state index contributed by atoms with van der Waals surface area (Å²) in [6.07, 6.45) is 1.78. The molecule has 0 spiro atoms. The number of fused-ring (bicyclic) bond motifs is 1. The van der Waals surface area contributed by atoms with Crippen molar-refractivity contribution in [1.29, 1.82) is 0 Å². The number of hydrogen-bond donors (Lipinski definition) is 1. The summed E-state index contributed by atoms with van der Waals surface area (Å²) in [7, 11) is 0. The van der Waals surface area contributed by atoms with Crippen LogP contribution in [0.5, 0.6) is 0 Å². The zero-order valence-electron chi connectivity index (χ0n) is 9.73. The van der Waals surface area contributed by atoms with Gasteiger partial charge in [0.2, 0.25) is 0 Å². The Balaban J connectivity index is 2.03. The minimum atomic E-state index is -0.0452. The molecule has 3 heteroatoms. The van der Waals surface area contributed by atoms with Crippen LogP contribution in [-0.4, -0.2) is 9.97 Å². The van der Waals surface area contributed by atoms with Gasteiger partial charge in [0, 0.05) is 17.7 Å². The Bertz CT molecular complexity index is 616. The Morgan fingerprint density at radius 2 is 2.24 bits per heavy atom. The first-order chi connectivity index (χ1) is 8.28. The number of aromatic nitrogens is 2. The topological polar surface area (TPSA) is 45.8 Å². The van der Waals surface area contributed by atoms with Crippen LogP contribution in [0.2, 0.25) is 0 Å². The van der Waals surface area contributed by atoms with Crippen molar-refractivity contribution < 1.29 is 0 Å². The minimum absolute atomic E-state index is 0.0452. The third-order valence-electron chi connectivity index (χ3n) is 3.36. The molecule has 86 valence electrons. The number of benzene rings is 1. The van der Waals surface area contributed by atoms with Crippen LogP contribution < -0.4 is 5.56 Å². The van der Waals surface area contributed by atoms with Crippen molar-refractivity contribution in [1.82, 2.24) is 9.97 Å². The van der Waals surface area contributed by atoms with Crippen LogP contribution in [0.15, 0.2) is 35.1 Å². The van der Waals surface area contributed by atoms with Gasteiger partial charge in [-0.05, 0) is 24.0 Å². The molecule has 0 fully saturated rings. The van der Waals surface area contributed by atoms with Crippen LogP contribution in [0.1, 0.15) is 35.5 Å². The van der Waals surface area contributed by atoms with E-state index in [1.54, 1.807) is 6.07 Å². The highest BCUT2D eigenvalue weighted by Crippen LogP contribution is 2.37. The molecule has 3 nitrogen and oxygen atoms in total. The SMILES string of the molecule is CCc1cc(=O)[nH]c(C2Cc3ccccc32)n1. The predicted octanol–water partition coefficient (Wildman–Crippen LogP) is 2.02. The molecule has 1 aliphatic rings. The number of nitrogens with zero attached hydrogens (tertiary/aromatic N) is 1. The molecule has 1 unspecified atom stereocenters. The summed E-state index contributed by atoms with van der Waals surface area (Å²) >= 11 is 0. The van der Waals surface area contributed by atoms with Crippen LogP contribution in [0, 0.1) is 0 Å². The Morgan fingerprint density at radius 3 is 3.00 bits per heavy atom. The van der Waals surface area contributed by atoms with Crippen LogP contribution in [0.25, 0.3) is 0 Å². The van der Waals surface area contributed by atoms with Crippen molar-refractivity contribution in [2.75, 3.05) is 0 Å². The number of aromatic amines is 1. The molecule has 1 aliphatic carbocycles. The zero-order valence-corrected chi connectivity index (χ0v) is 9.73. The molecular formula is C14H14N2O. The lowest BCUT2D eigenvalue weighted by Gasteiger charge is -2.29. The summed E-state index contributed by atoms with van der Waals surface area (Å²) in [6.45, 7) is 2.01. The Morgan fingerprint density at radius 1 is 1.41 bits per heavy atom. The molecule has 1 atom stereocenters. The van der Waals surface area contributed by atoms with E-state index in [-0.39, 0.29) is 11.5 Å². The van der Waals surface area contributed by atoms with Crippen molar-refractivity contribution in [3.8, 4) is 0 Å². The molecule has 17 heavy (non-hydrogen) atoms. The maximum Gasteiger partial charge on any atom is 0.251 e. The highest BCUT2D eigenvalue weighted by atomic mass is 16.1. The zero-order chi connectivity index (χ0) is 11.8. The van der Waals surface area contributed by atoms with Gasteiger partial charge in [-0.1, -0.05) is 31.2 Å². The Hall–Kier alpha value is -1.90. The second-order valence-corrected chi connectivity index (χ2v) is 4.43. The molecule has 1 heterocycles. The highest BCUT2D eigenvalue weighted by Gasteiger charge is 2.28. The van der Waals surface area contributed by atoms with Crippen molar-refractivity contribution in [3.63, 3.8) is 0 Å². The third kappa shape index (κ3) is 1.68. The largest absolute Gasteiger partial charge is 0.310 e. The first-order valence-corrected chi connectivity index (χ1v) is 5.96. The van der Waals surface area contributed by atoms with Crippen LogP contribution in [0.4, 0.5) is 0 Å². The maximum absolute atomic E-state index is 11.5. The number of rotatable bonds is 2. The lowest BCUT2D eigenvalue weighted by molar-refractivity contribution is 0.650. The molecule has 0 amide bonds. The molecule has 1 N–H and O–H groups in total. The monoisotopic (exact) mass is 226 g/mol. The van der Waals surface area contributed by atoms with E-state index in [2.05, 4.69) is 22.1 Å². The molecule has 1 aromatic heterocycles. The standard InChI is InChI=1S/C14H14N2O/c1-2-10-8-13(17)16-14(15-10)12-7-9-5-3-4-6-11(9)12/h3-6,8,12H,2,7H2,1H3,(H,15,16,17). The average molecular weight is 226 g/mol. The number of nitrogens with one attached hydrogen (secondary N) is 1. The van der Waals surface area contributed by atoms with E-state index < -0.39 is 0 Å². The molecular weight excluding hydrogens is 212 g/mol. The summed E-state index contributed by atoms with van der Waals surface area (Å²) in [5.41, 5.74) is 3.48. The van der Waals surface area contributed by atoms with Crippen LogP contribution in [0.3, 0.4) is 0 Å². The van der Waals surface area contributed by atoms with E-state index in [0.29, 0.717) is 0 Å². The van der Waals surface area contributed by atoms with Crippen molar-refractivity contribution in [2.24, 2.45) is 0 Å². The van der Waals surface area contributed by atoms with Crippen molar-refractivity contribution in [2.45, 2.75) is 25.7 Å².